The van der Waals surface area contributed by atoms with Gasteiger partial charge in [0, 0.05) is 25.7 Å². The number of carbonyl (C=O) groups is 4. The number of aliphatic hydroxyl groups is 1. The number of hydrogen-bond donors (Lipinski definition) is 3. The van der Waals surface area contributed by atoms with Crippen LogP contribution in [0.5, 0.6) is 0 Å². The van der Waals surface area contributed by atoms with Gasteiger partial charge in [-0.15, -0.1) is 0 Å². The Bertz CT molecular complexity index is 1910. The molecule has 0 rings (SSSR count). The molecule has 0 aromatic rings. The van der Waals surface area contributed by atoms with Crippen LogP contribution >= 0.6 is 15.6 Å². The lowest BCUT2D eigenvalue weighted by atomic mass is 10.00. The fourth-order valence-corrected chi connectivity index (χ4v) is 13.7. The first-order chi connectivity index (χ1) is 47.3. The average Bonchev–Trinajstić information content (AvgIpc) is 1.11. The highest BCUT2D eigenvalue weighted by molar-refractivity contribution is 7.47. The zero-order chi connectivity index (χ0) is 72.3. The fourth-order valence-electron chi connectivity index (χ4n) is 12.1. The number of phosphoric ester groups is 2. The van der Waals surface area contributed by atoms with Gasteiger partial charge in [-0.1, -0.05) is 357 Å². The van der Waals surface area contributed by atoms with Crippen molar-refractivity contribution < 1.29 is 80.2 Å². The average molecular weight is 1440 g/mol. The van der Waals surface area contributed by atoms with Gasteiger partial charge in [0.05, 0.1) is 26.4 Å². The molecule has 6 atom stereocenters. The van der Waals surface area contributed by atoms with Crippen molar-refractivity contribution in [1.82, 2.24) is 0 Å². The Morgan fingerprint density at radius 3 is 0.776 bits per heavy atom. The number of esters is 4. The molecule has 0 bridgehead atoms. The summed E-state index contributed by atoms with van der Waals surface area (Å²) in [7, 11) is -9.92. The molecule has 0 aromatic carbocycles. The molecular weight excluding hydrogens is 1280 g/mol. The fraction of sp³-hybridized carbons (Fsp3) is 0.949. The lowest BCUT2D eigenvalue weighted by Crippen LogP contribution is -2.30. The topological polar surface area (TPSA) is 237 Å². The van der Waals surface area contributed by atoms with Crippen molar-refractivity contribution in [2.45, 2.75) is 426 Å². The lowest BCUT2D eigenvalue weighted by Gasteiger charge is -2.21. The Morgan fingerprint density at radius 1 is 0.296 bits per heavy atom. The van der Waals surface area contributed by atoms with Crippen LogP contribution in [-0.2, 0) is 65.4 Å². The molecule has 3 unspecified atom stereocenters. The second kappa shape index (κ2) is 69.4. The summed E-state index contributed by atoms with van der Waals surface area (Å²) in [6, 6.07) is 0. The van der Waals surface area contributed by atoms with Crippen LogP contribution in [0.15, 0.2) is 0 Å². The van der Waals surface area contributed by atoms with Gasteiger partial charge in [-0.25, -0.2) is 9.13 Å². The lowest BCUT2D eigenvalue weighted by molar-refractivity contribution is -0.161. The Kier molecular flexibility index (Phi) is 68.1. The van der Waals surface area contributed by atoms with Crippen molar-refractivity contribution in [2.75, 3.05) is 39.6 Å². The summed E-state index contributed by atoms with van der Waals surface area (Å²) in [4.78, 5) is 72.9. The maximum atomic E-state index is 13.1. The zero-order valence-electron chi connectivity index (χ0n) is 64.3. The van der Waals surface area contributed by atoms with E-state index in [1.165, 1.54) is 212 Å². The predicted molar refractivity (Wildman–Crippen MR) is 400 cm³/mol. The van der Waals surface area contributed by atoms with Crippen LogP contribution in [0.1, 0.15) is 408 Å². The minimum absolute atomic E-state index is 0.104. The van der Waals surface area contributed by atoms with Gasteiger partial charge < -0.3 is 33.8 Å². The smallest absolute Gasteiger partial charge is 0.462 e. The molecule has 0 fully saturated rings. The number of unbranched alkanes of at least 4 members (excludes halogenated alkanes) is 44. The molecule has 0 radical (unpaired) electrons. The minimum Gasteiger partial charge on any atom is -0.462 e. The molecule has 0 heterocycles. The van der Waals surface area contributed by atoms with E-state index in [-0.39, 0.29) is 25.7 Å². The van der Waals surface area contributed by atoms with Crippen LogP contribution in [0.4, 0.5) is 0 Å². The zero-order valence-corrected chi connectivity index (χ0v) is 66.0. The number of phosphoric acid groups is 2. The van der Waals surface area contributed by atoms with E-state index < -0.39 is 97.5 Å². The van der Waals surface area contributed by atoms with Crippen molar-refractivity contribution in [3.8, 4) is 0 Å². The van der Waals surface area contributed by atoms with Crippen molar-refractivity contribution in [3.63, 3.8) is 0 Å². The van der Waals surface area contributed by atoms with E-state index in [0.29, 0.717) is 25.7 Å². The third-order valence-electron chi connectivity index (χ3n) is 18.7. The molecule has 0 saturated carbocycles. The second-order valence-electron chi connectivity index (χ2n) is 29.6. The summed E-state index contributed by atoms with van der Waals surface area (Å²) >= 11 is 0. The van der Waals surface area contributed by atoms with E-state index in [0.717, 1.165) is 114 Å². The maximum Gasteiger partial charge on any atom is 0.472 e. The SMILES string of the molecule is CCCCCCCCCCCCCCCCCCCCC(=O)OC[C@H](COP(=O)(O)OC[C@@H](O)COP(=O)(O)OC[C@@H](COC(=O)CCCCCCCCC(C)CC)OC(=O)CCCCCCCCCCC(C)C)OC(=O)CCCCCCCCCCCCCCCCCCC(C)C. The highest BCUT2D eigenvalue weighted by Gasteiger charge is 2.30. The van der Waals surface area contributed by atoms with Crippen molar-refractivity contribution in [1.29, 1.82) is 0 Å². The largest absolute Gasteiger partial charge is 0.472 e. The van der Waals surface area contributed by atoms with E-state index in [4.69, 9.17) is 37.0 Å². The van der Waals surface area contributed by atoms with E-state index in [1.807, 2.05) is 0 Å². The number of rotatable bonds is 77. The molecule has 0 aliphatic rings. The van der Waals surface area contributed by atoms with Crippen LogP contribution in [0.3, 0.4) is 0 Å². The quantitative estimate of drug-likeness (QED) is 0.0222. The molecule has 19 heteroatoms. The first-order valence-corrected chi connectivity index (χ1v) is 43.9. The molecule has 0 saturated heterocycles. The van der Waals surface area contributed by atoms with Gasteiger partial charge >= 0.3 is 39.5 Å². The van der Waals surface area contributed by atoms with Crippen LogP contribution in [0.25, 0.3) is 0 Å². The van der Waals surface area contributed by atoms with Gasteiger partial charge in [0.15, 0.2) is 12.2 Å². The standard InChI is InChI=1S/C79H154O17P2/c1-8-10-11-12-13-14-15-16-17-18-19-23-26-29-32-38-46-53-60-76(81)89-66-74(95-78(83)62-55-48-39-33-30-27-24-21-20-22-25-28-31-36-43-50-57-70(3)4)68-93-97(85,86)91-64-73(80)65-92-98(87,88)94-69-75(67-90-77(82)61-54-47-42-41-45-52-59-72(7)9-2)96-79(84)63-56-49-40-35-34-37-44-51-58-71(5)6/h70-75,80H,8-69H2,1-7H3,(H,85,86)(H,87,88)/t72?,73-,74-,75-/m1/s1. The summed E-state index contributed by atoms with van der Waals surface area (Å²) < 4.78 is 68.6. The maximum absolute atomic E-state index is 13.1. The monoisotopic (exact) mass is 1440 g/mol. The normalized spacial score (nSPS) is 14.3. The van der Waals surface area contributed by atoms with Gasteiger partial charge in [-0.05, 0) is 43.4 Å². The number of carbonyl (C=O) groups excluding carboxylic acids is 4. The molecule has 0 spiro atoms. The molecular formula is C79H154O17P2. The highest BCUT2D eigenvalue weighted by Crippen LogP contribution is 2.45. The Morgan fingerprint density at radius 2 is 0.520 bits per heavy atom. The van der Waals surface area contributed by atoms with Crippen LogP contribution in [0, 0.1) is 17.8 Å². The Balaban J connectivity index is 5.22. The Labute approximate surface area is 600 Å². The van der Waals surface area contributed by atoms with Crippen LogP contribution < -0.4 is 0 Å². The van der Waals surface area contributed by atoms with E-state index in [1.54, 1.807) is 0 Å². The predicted octanol–water partition coefficient (Wildman–Crippen LogP) is 23.4. The molecule has 3 N–H and O–H groups in total. The van der Waals surface area contributed by atoms with E-state index in [9.17, 15) is 43.2 Å². The van der Waals surface area contributed by atoms with E-state index >= 15 is 0 Å². The van der Waals surface area contributed by atoms with Crippen molar-refractivity contribution in [2.24, 2.45) is 17.8 Å². The Hall–Kier alpha value is -1.94. The van der Waals surface area contributed by atoms with Gasteiger partial charge in [0.25, 0.3) is 0 Å². The summed E-state index contributed by atoms with van der Waals surface area (Å²) in [5.41, 5.74) is 0. The van der Waals surface area contributed by atoms with Gasteiger partial charge in [-0.3, -0.25) is 37.3 Å². The minimum atomic E-state index is -4.96. The second-order valence-corrected chi connectivity index (χ2v) is 32.6. The third kappa shape index (κ3) is 71.1. The van der Waals surface area contributed by atoms with E-state index in [2.05, 4.69) is 48.5 Å². The summed E-state index contributed by atoms with van der Waals surface area (Å²) in [6.45, 7) is 11.9. The first-order valence-electron chi connectivity index (χ1n) is 40.9. The van der Waals surface area contributed by atoms with Crippen molar-refractivity contribution in [3.05, 3.63) is 0 Å². The molecule has 98 heavy (non-hydrogen) atoms. The molecule has 582 valence electrons. The highest BCUT2D eigenvalue weighted by atomic mass is 31.2. The summed E-state index contributed by atoms with van der Waals surface area (Å²) in [5.74, 6) is 0.141. The summed E-state index contributed by atoms with van der Waals surface area (Å²) in [5, 5.41) is 10.6. The van der Waals surface area contributed by atoms with Crippen LogP contribution in [0.2, 0.25) is 0 Å². The summed E-state index contributed by atoms with van der Waals surface area (Å²) in [6.07, 6.45) is 57.1. The van der Waals surface area contributed by atoms with Crippen molar-refractivity contribution >= 4 is 39.5 Å². The number of ether oxygens (including phenoxy) is 4. The van der Waals surface area contributed by atoms with Gasteiger partial charge in [0.2, 0.25) is 0 Å². The number of hydrogen-bond acceptors (Lipinski definition) is 15. The van der Waals surface area contributed by atoms with Gasteiger partial charge in [0.1, 0.15) is 19.3 Å². The molecule has 17 nitrogen and oxygen atoms in total. The molecule has 0 aliphatic carbocycles. The molecule has 0 aliphatic heterocycles. The van der Waals surface area contributed by atoms with Crippen LogP contribution in [-0.4, -0.2) is 96.7 Å². The number of aliphatic hydroxyl groups excluding tert-OH is 1. The molecule has 0 amide bonds. The molecule has 0 aromatic heterocycles. The van der Waals surface area contributed by atoms with Gasteiger partial charge in [-0.2, -0.15) is 0 Å². The first kappa shape index (κ1) is 96.1. The third-order valence-corrected chi connectivity index (χ3v) is 20.6.